The summed E-state index contributed by atoms with van der Waals surface area (Å²) in [5, 5.41) is 9.21. The van der Waals surface area contributed by atoms with Gasteiger partial charge in [-0.05, 0) is 25.2 Å². The average molecular weight is 289 g/mol. The molecule has 2 aliphatic heterocycles. The lowest BCUT2D eigenvalue weighted by Gasteiger charge is -2.37. The second-order valence-electron chi connectivity index (χ2n) is 5.62. The minimum atomic E-state index is -3.12. The lowest BCUT2D eigenvalue weighted by molar-refractivity contribution is -0.154. The summed E-state index contributed by atoms with van der Waals surface area (Å²) in [5.41, 5.74) is 0. The lowest BCUT2D eigenvalue weighted by Crippen LogP contribution is -2.51. The highest BCUT2D eigenvalue weighted by atomic mass is 32.2. The van der Waals surface area contributed by atoms with Gasteiger partial charge in [-0.3, -0.25) is 4.79 Å². The number of aliphatic carboxylic acids is 1. The summed E-state index contributed by atoms with van der Waals surface area (Å²) in [5.74, 6) is -1.69. The van der Waals surface area contributed by atoms with Gasteiger partial charge in [-0.25, -0.2) is 13.2 Å². The van der Waals surface area contributed by atoms with Crippen LogP contribution in [0.25, 0.3) is 0 Å². The predicted molar refractivity (Wildman–Crippen MR) is 68.3 cm³/mol. The van der Waals surface area contributed by atoms with Crippen molar-refractivity contribution in [3.8, 4) is 0 Å². The third-order valence-corrected chi connectivity index (χ3v) is 5.78. The molecular formula is C12H19NO5S. The molecule has 0 aliphatic carbocycles. The highest BCUT2D eigenvalue weighted by Crippen LogP contribution is 2.27. The van der Waals surface area contributed by atoms with Crippen LogP contribution in [-0.2, 0) is 19.4 Å². The molecule has 0 spiro atoms. The molecule has 108 valence electrons. The Morgan fingerprint density at radius 3 is 2.47 bits per heavy atom. The number of hydrogen-bond donors (Lipinski definition) is 1. The fourth-order valence-corrected chi connectivity index (χ4v) is 4.60. The van der Waals surface area contributed by atoms with Crippen molar-refractivity contribution in [2.75, 3.05) is 18.1 Å². The molecule has 2 aliphatic rings. The van der Waals surface area contributed by atoms with Crippen molar-refractivity contribution in [2.24, 2.45) is 11.8 Å². The quantitative estimate of drug-likeness (QED) is 0.780. The fourth-order valence-electron chi connectivity index (χ4n) is 2.86. The zero-order valence-corrected chi connectivity index (χ0v) is 11.7. The number of rotatable bonds is 2. The first-order valence-electron chi connectivity index (χ1n) is 6.54. The van der Waals surface area contributed by atoms with E-state index in [0.29, 0.717) is 19.4 Å². The number of likely N-dealkylation sites (tertiary alicyclic amines) is 1. The van der Waals surface area contributed by atoms with Crippen LogP contribution >= 0.6 is 0 Å². The Kier molecular flexibility index (Phi) is 3.85. The van der Waals surface area contributed by atoms with Crippen molar-refractivity contribution in [1.82, 2.24) is 4.90 Å². The molecule has 0 radical (unpaired) electrons. The minimum absolute atomic E-state index is 0.0331. The number of amides is 1. The maximum Gasteiger partial charge on any atom is 0.326 e. The number of carbonyl (C=O) groups excluding carboxylic acids is 1. The zero-order valence-electron chi connectivity index (χ0n) is 10.9. The van der Waals surface area contributed by atoms with Crippen LogP contribution in [-0.4, -0.2) is 54.4 Å². The molecule has 2 rings (SSSR count). The number of carboxylic acid groups (broad SMARTS) is 1. The standard InChI is InChI=1S/C12H19NO5S/c1-8-2-4-13(10(6-8)12(15)16)11(14)9-3-5-19(17,18)7-9/h8-10H,2-7H2,1H3,(H,15,16). The SMILES string of the molecule is CC1CCN(C(=O)C2CCS(=O)(=O)C2)C(C(=O)O)C1. The van der Waals surface area contributed by atoms with Gasteiger partial charge >= 0.3 is 5.97 Å². The summed E-state index contributed by atoms with van der Waals surface area (Å²) in [6.07, 6.45) is 1.54. The normalized spacial score (nSPS) is 34.2. The Hall–Kier alpha value is -1.11. The molecule has 6 nitrogen and oxygen atoms in total. The van der Waals surface area contributed by atoms with Crippen LogP contribution in [0.15, 0.2) is 0 Å². The van der Waals surface area contributed by atoms with Crippen molar-refractivity contribution in [3.63, 3.8) is 0 Å². The van der Waals surface area contributed by atoms with Gasteiger partial charge in [0.15, 0.2) is 9.84 Å². The molecule has 2 heterocycles. The number of piperidine rings is 1. The first kappa shape index (κ1) is 14.3. The summed E-state index contributed by atoms with van der Waals surface area (Å²) >= 11 is 0. The van der Waals surface area contributed by atoms with E-state index in [1.807, 2.05) is 6.92 Å². The van der Waals surface area contributed by atoms with Crippen molar-refractivity contribution < 1.29 is 23.1 Å². The molecule has 2 saturated heterocycles. The number of carbonyl (C=O) groups is 2. The van der Waals surface area contributed by atoms with E-state index in [4.69, 9.17) is 0 Å². The second-order valence-corrected chi connectivity index (χ2v) is 7.84. The Balaban J connectivity index is 2.11. The maximum absolute atomic E-state index is 12.3. The predicted octanol–water partition coefficient (Wildman–Crippen LogP) is 0.133. The van der Waals surface area contributed by atoms with E-state index < -0.39 is 27.8 Å². The highest BCUT2D eigenvalue weighted by molar-refractivity contribution is 7.91. The van der Waals surface area contributed by atoms with Gasteiger partial charge < -0.3 is 10.0 Å². The number of sulfone groups is 1. The van der Waals surface area contributed by atoms with Gasteiger partial charge in [-0.2, -0.15) is 0 Å². The van der Waals surface area contributed by atoms with Crippen molar-refractivity contribution >= 4 is 21.7 Å². The van der Waals surface area contributed by atoms with Gasteiger partial charge in [0, 0.05) is 6.54 Å². The highest BCUT2D eigenvalue weighted by Gasteiger charge is 2.41. The van der Waals surface area contributed by atoms with Gasteiger partial charge in [0.1, 0.15) is 6.04 Å². The molecule has 0 aromatic heterocycles. The summed E-state index contributed by atoms with van der Waals surface area (Å²) in [6, 6.07) is -0.806. The molecule has 0 aromatic carbocycles. The number of hydrogen-bond acceptors (Lipinski definition) is 4. The minimum Gasteiger partial charge on any atom is -0.480 e. The van der Waals surface area contributed by atoms with E-state index in [2.05, 4.69) is 0 Å². The first-order chi connectivity index (χ1) is 8.80. The van der Waals surface area contributed by atoms with Crippen LogP contribution in [0.2, 0.25) is 0 Å². The van der Waals surface area contributed by atoms with Crippen LogP contribution in [0.5, 0.6) is 0 Å². The number of nitrogens with zero attached hydrogens (tertiary/aromatic N) is 1. The van der Waals surface area contributed by atoms with E-state index in [-0.39, 0.29) is 23.3 Å². The van der Waals surface area contributed by atoms with E-state index in [0.717, 1.165) is 6.42 Å². The van der Waals surface area contributed by atoms with Gasteiger partial charge in [-0.1, -0.05) is 6.92 Å². The topological polar surface area (TPSA) is 91.8 Å². The van der Waals surface area contributed by atoms with Gasteiger partial charge in [-0.15, -0.1) is 0 Å². The third kappa shape index (κ3) is 3.08. The molecule has 0 aromatic rings. The second kappa shape index (κ2) is 5.11. The fraction of sp³-hybridized carbons (Fsp3) is 0.833. The Labute approximate surface area is 112 Å². The maximum atomic E-state index is 12.3. The van der Waals surface area contributed by atoms with Crippen LogP contribution in [0, 0.1) is 11.8 Å². The molecule has 1 amide bonds. The Morgan fingerprint density at radius 2 is 1.95 bits per heavy atom. The van der Waals surface area contributed by atoms with Gasteiger partial charge in [0.2, 0.25) is 5.91 Å². The summed E-state index contributed by atoms with van der Waals surface area (Å²) in [7, 11) is -3.12. The van der Waals surface area contributed by atoms with E-state index in [1.165, 1.54) is 4.90 Å². The molecule has 1 N–H and O–H groups in total. The molecule has 19 heavy (non-hydrogen) atoms. The average Bonchev–Trinajstić information content (AvgIpc) is 2.68. The van der Waals surface area contributed by atoms with E-state index in [9.17, 15) is 23.1 Å². The van der Waals surface area contributed by atoms with Gasteiger partial charge in [0.05, 0.1) is 17.4 Å². The zero-order chi connectivity index (χ0) is 14.2. The summed E-state index contributed by atoms with van der Waals surface area (Å²) < 4.78 is 22.8. The van der Waals surface area contributed by atoms with Crippen LogP contribution in [0.4, 0.5) is 0 Å². The summed E-state index contributed by atoms with van der Waals surface area (Å²) in [6.45, 7) is 2.38. The molecule has 0 saturated carbocycles. The lowest BCUT2D eigenvalue weighted by atomic mass is 9.91. The van der Waals surface area contributed by atoms with Gasteiger partial charge in [0.25, 0.3) is 0 Å². The molecular weight excluding hydrogens is 270 g/mol. The molecule has 7 heteroatoms. The Bertz CT molecular complexity index is 486. The molecule has 3 atom stereocenters. The third-order valence-electron chi connectivity index (χ3n) is 4.01. The monoisotopic (exact) mass is 289 g/mol. The van der Waals surface area contributed by atoms with Crippen molar-refractivity contribution in [3.05, 3.63) is 0 Å². The molecule has 2 fully saturated rings. The first-order valence-corrected chi connectivity index (χ1v) is 8.36. The van der Waals surface area contributed by atoms with E-state index in [1.54, 1.807) is 0 Å². The molecule has 3 unspecified atom stereocenters. The summed E-state index contributed by atoms with van der Waals surface area (Å²) in [4.78, 5) is 24.9. The van der Waals surface area contributed by atoms with Crippen LogP contribution in [0.1, 0.15) is 26.2 Å². The van der Waals surface area contributed by atoms with Crippen molar-refractivity contribution in [2.45, 2.75) is 32.2 Å². The van der Waals surface area contributed by atoms with Crippen LogP contribution < -0.4 is 0 Å². The number of carboxylic acids is 1. The smallest absolute Gasteiger partial charge is 0.326 e. The Morgan fingerprint density at radius 1 is 1.26 bits per heavy atom. The van der Waals surface area contributed by atoms with Crippen LogP contribution in [0.3, 0.4) is 0 Å². The van der Waals surface area contributed by atoms with Crippen molar-refractivity contribution in [1.29, 1.82) is 0 Å². The largest absolute Gasteiger partial charge is 0.480 e. The molecule has 0 bridgehead atoms. The van der Waals surface area contributed by atoms with E-state index >= 15 is 0 Å².